The lowest BCUT2D eigenvalue weighted by molar-refractivity contribution is -0.379. The van der Waals surface area contributed by atoms with Crippen LogP contribution in [0.25, 0.3) is 0 Å². The zero-order chi connectivity index (χ0) is 74.6. The van der Waals surface area contributed by atoms with E-state index in [-0.39, 0.29) is 18.9 Å². The molecule has 17 atom stereocenters. The predicted molar refractivity (Wildman–Crippen MR) is 411 cm³/mol. The molecule has 3 rings (SSSR count). The van der Waals surface area contributed by atoms with Crippen molar-refractivity contribution in [3.05, 3.63) is 85.1 Å². The SMILES string of the molecule is CC/C=C\C/C=C\C/C=C\C/C=C\C/C=C\C/C=C\CCCCCCCCCCCCCCCCCCC(=O)NC(COC1OC(CO)C(OC2OC(CO)C(OC3OC(CO)C(O)C(O)C3O)C(O)C2O)C(O)C1O)C(O)/C=C/CCCCCCCCCCCCCCCCCCCCCCC. The van der Waals surface area contributed by atoms with Gasteiger partial charge in [-0.15, -0.1) is 0 Å². The summed E-state index contributed by atoms with van der Waals surface area (Å²) in [6.07, 6.45) is 58.5. The Balaban J connectivity index is 1.35. The first kappa shape index (κ1) is 94.2. The van der Waals surface area contributed by atoms with Gasteiger partial charge >= 0.3 is 0 Å². The van der Waals surface area contributed by atoms with Crippen LogP contribution >= 0.6 is 0 Å². The molecule has 0 spiro atoms. The van der Waals surface area contributed by atoms with E-state index >= 15 is 0 Å². The van der Waals surface area contributed by atoms with Gasteiger partial charge in [0.2, 0.25) is 5.91 Å². The Labute approximate surface area is 622 Å². The molecule has 598 valence electrons. The number of hydrogen-bond acceptors (Lipinski definition) is 18. The maximum atomic E-state index is 13.5. The van der Waals surface area contributed by atoms with Gasteiger partial charge < -0.3 is 89.9 Å². The molecule has 0 radical (unpaired) electrons. The number of nitrogens with one attached hydrogen (secondary N) is 1. The van der Waals surface area contributed by atoms with Gasteiger partial charge in [-0.1, -0.05) is 317 Å². The van der Waals surface area contributed by atoms with Crippen LogP contribution in [0, 0.1) is 0 Å². The summed E-state index contributed by atoms with van der Waals surface area (Å²) in [7, 11) is 0. The van der Waals surface area contributed by atoms with Gasteiger partial charge in [0.25, 0.3) is 0 Å². The standard InChI is InChI=1S/C84H149NO18/c1-3-5-7-9-11-13-15-17-19-21-23-25-27-28-29-30-31-32-33-34-35-36-37-38-40-42-44-46-48-50-52-54-56-58-60-62-72(90)85-67(68(89)61-59-57-55-53-51-49-47-45-43-41-39-26-24-22-20-18-16-14-12-10-8-6-4-2)66-98-82-78(96)75(93)80(70(64-87)100-82)103-84-79(97)76(94)81(71(65-88)101-84)102-83-77(95)74(92)73(91)69(63-86)99-83/h5,7,11,13,17,19,23,25,28-29,31-32,59,61,67-71,73-84,86-89,91-97H,3-4,6,8-10,12,14-16,18,20-22,24,26-27,30,33-58,60,62-66H2,1-2H3,(H,85,90)/b7-5-,13-11-,19-17-,25-23-,29-28-,32-31-,61-59+. The lowest BCUT2D eigenvalue weighted by Crippen LogP contribution is -2.66. The first-order valence-electron chi connectivity index (χ1n) is 41.3. The first-order chi connectivity index (χ1) is 50.3. The molecule has 3 aliphatic heterocycles. The van der Waals surface area contributed by atoms with Crippen molar-refractivity contribution < 1.29 is 89.4 Å². The summed E-state index contributed by atoms with van der Waals surface area (Å²) < 4.78 is 34.5. The lowest BCUT2D eigenvalue weighted by atomic mass is 9.96. The van der Waals surface area contributed by atoms with E-state index in [0.29, 0.717) is 6.42 Å². The fourth-order valence-corrected chi connectivity index (χ4v) is 13.6. The highest BCUT2D eigenvalue weighted by Crippen LogP contribution is 2.33. The maximum Gasteiger partial charge on any atom is 0.220 e. The van der Waals surface area contributed by atoms with Gasteiger partial charge in [0.15, 0.2) is 18.9 Å². The lowest BCUT2D eigenvalue weighted by Gasteiger charge is -2.48. The summed E-state index contributed by atoms with van der Waals surface area (Å²) in [6, 6.07) is -0.978. The second kappa shape index (κ2) is 63.9. The molecule has 3 fully saturated rings. The van der Waals surface area contributed by atoms with Crippen LogP contribution in [-0.2, 0) is 33.2 Å². The van der Waals surface area contributed by atoms with Crippen molar-refractivity contribution in [3.63, 3.8) is 0 Å². The van der Waals surface area contributed by atoms with Crippen molar-refractivity contribution >= 4 is 5.91 Å². The van der Waals surface area contributed by atoms with Crippen LogP contribution in [-0.4, -0.2) is 193 Å². The van der Waals surface area contributed by atoms with Crippen molar-refractivity contribution in [1.29, 1.82) is 0 Å². The molecule has 103 heavy (non-hydrogen) atoms. The number of aliphatic hydroxyl groups is 11. The molecular formula is C84H149NO18. The highest BCUT2D eigenvalue weighted by atomic mass is 16.8. The van der Waals surface area contributed by atoms with Crippen LogP contribution in [0.1, 0.15) is 309 Å². The molecule has 0 bridgehead atoms. The van der Waals surface area contributed by atoms with Crippen LogP contribution in [0.5, 0.6) is 0 Å². The Bertz CT molecular complexity index is 2190. The third kappa shape index (κ3) is 43.7. The molecule has 3 heterocycles. The minimum Gasteiger partial charge on any atom is -0.394 e. The Hall–Kier alpha value is -3.03. The average molecular weight is 1460 g/mol. The summed E-state index contributed by atoms with van der Waals surface area (Å²) in [4.78, 5) is 13.5. The second-order valence-corrected chi connectivity index (χ2v) is 29.2. The number of allylic oxidation sites excluding steroid dienone is 13. The van der Waals surface area contributed by atoms with Gasteiger partial charge in [-0.2, -0.15) is 0 Å². The number of amides is 1. The van der Waals surface area contributed by atoms with Gasteiger partial charge in [0, 0.05) is 6.42 Å². The third-order valence-corrected chi connectivity index (χ3v) is 20.2. The van der Waals surface area contributed by atoms with E-state index in [1.54, 1.807) is 6.08 Å². The van der Waals surface area contributed by atoms with Gasteiger partial charge in [0.1, 0.15) is 73.2 Å². The van der Waals surface area contributed by atoms with E-state index in [1.807, 2.05) is 6.08 Å². The Morgan fingerprint density at radius 1 is 0.359 bits per heavy atom. The maximum absolute atomic E-state index is 13.5. The number of aliphatic hydroxyl groups excluding tert-OH is 11. The molecule has 0 aromatic heterocycles. The largest absolute Gasteiger partial charge is 0.394 e. The van der Waals surface area contributed by atoms with Gasteiger partial charge in [0.05, 0.1) is 38.6 Å². The van der Waals surface area contributed by atoms with Crippen LogP contribution < -0.4 is 5.32 Å². The van der Waals surface area contributed by atoms with E-state index in [1.165, 1.54) is 199 Å². The molecule has 1 amide bonds. The van der Waals surface area contributed by atoms with Crippen molar-refractivity contribution in [2.45, 2.75) is 413 Å². The van der Waals surface area contributed by atoms with Crippen molar-refractivity contribution in [2.75, 3.05) is 26.4 Å². The summed E-state index contributed by atoms with van der Waals surface area (Å²) in [6.45, 7) is 1.66. The minimum atomic E-state index is -1.98. The molecule has 0 aromatic rings. The number of rotatable bonds is 65. The Kier molecular flexibility index (Phi) is 58.4. The second-order valence-electron chi connectivity index (χ2n) is 29.2. The topological polar surface area (TPSA) is 307 Å². The summed E-state index contributed by atoms with van der Waals surface area (Å²) in [5.41, 5.74) is 0. The highest BCUT2D eigenvalue weighted by Gasteiger charge is 2.54. The fourth-order valence-electron chi connectivity index (χ4n) is 13.6. The molecule has 12 N–H and O–H groups in total. The summed E-state index contributed by atoms with van der Waals surface area (Å²) in [5.74, 6) is -0.274. The smallest absolute Gasteiger partial charge is 0.220 e. The number of carbonyl (C=O) groups is 1. The van der Waals surface area contributed by atoms with Gasteiger partial charge in [-0.25, -0.2) is 0 Å². The molecule has 3 saturated heterocycles. The van der Waals surface area contributed by atoms with Crippen LogP contribution in [0.3, 0.4) is 0 Å². The third-order valence-electron chi connectivity index (χ3n) is 20.2. The van der Waals surface area contributed by atoms with Crippen molar-refractivity contribution in [2.24, 2.45) is 0 Å². The molecule has 19 heteroatoms. The van der Waals surface area contributed by atoms with E-state index in [9.17, 15) is 61.0 Å². The molecule has 19 nitrogen and oxygen atoms in total. The minimum absolute atomic E-state index is 0.241. The molecule has 0 aliphatic carbocycles. The molecule has 0 aromatic carbocycles. The highest BCUT2D eigenvalue weighted by molar-refractivity contribution is 5.76. The zero-order valence-electron chi connectivity index (χ0n) is 64.0. The van der Waals surface area contributed by atoms with Crippen LogP contribution in [0.15, 0.2) is 85.1 Å². The van der Waals surface area contributed by atoms with Gasteiger partial charge in [-0.05, 0) is 70.6 Å². The van der Waals surface area contributed by atoms with Gasteiger partial charge in [-0.3, -0.25) is 4.79 Å². The zero-order valence-corrected chi connectivity index (χ0v) is 64.0. The number of carbonyl (C=O) groups excluding carboxylic acids is 1. The normalized spacial score (nSPS) is 26.5. The Morgan fingerprint density at radius 3 is 1.05 bits per heavy atom. The fraction of sp³-hybridized carbons (Fsp3) is 0.821. The monoisotopic (exact) mass is 1460 g/mol. The number of hydrogen-bond donors (Lipinski definition) is 12. The van der Waals surface area contributed by atoms with E-state index in [0.717, 1.165) is 83.5 Å². The van der Waals surface area contributed by atoms with Crippen LogP contribution in [0.4, 0.5) is 0 Å². The Morgan fingerprint density at radius 2 is 0.670 bits per heavy atom. The van der Waals surface area contributed by atoms with Crippen molar-refractivity contribution in [1.82, 2.24) is 5.32 Å². The quantitative estimate of drug-likeness (QED) is 0.0199. The van der Waals surface area contributed by atoms with E-state index in [4.69, 9.17) is 28.4 Å². The number of ether oxygens (including phenoxy) is 6. The molecule has 3 aliphatic rings. The predicted octanol–water partition coefficient (Wildman–Crippen LogP) is 14.2. The summed E-state index contributed by atoms with van der Waals surface area (Å²) >= 11 is 0. The van der Waals surface area contributed by atoms with Crippen LogP contribution in [0.2, 0.25) is 0 Å². The van der Waals surface area contributed by atoms with E-state index < -0.39 is 124 Å². The molecule has 17 unspecified atom stereocenters. The molecule has 0 saturated carbocycles. The van der Waals surface area contributed by atoms with Crippen molar-refractivity contribution in [3.8, 4) is 0 Å². The number of unbranched alkanes of at least 4 members (excludes halogenated alkanes) is 37. The molecular weight excluding hydrogens is 1310 g/mol. The van der Waals surface area contributed by atoms with E-state index in [2.05, 4.69) is 92.1 Å². The first-order valence-corrected chi connectivity index (χ1v) is 41.3. The summed E-state index contributed by atoms with van der Waals surface area (Å²) in [5, 5.41) is 121. The average Bonchev–Trinajstić information content (AvgIpc) is 0.781.